The molecule has 3 heterocycles. The highest BCUT2D eigenvalue weighted by molar-refractivity contribution is 7.09. The molecule has 1 fully saturated rings. The van der Waals surface area contributed by atoms with E-state index in [1.807, 2.05) is 59.3 Å². The van der Waals surface area contributed by atoms with Crippen molar-refractivity contribution in [3.8, 4) is 22.8 Å². The van der Waals surface area contributed by atoms with Crippen LogP contribution in [0.25, 0.3) is 11.3 Å². The average molecular weight is 412 g/mol. The first kappa shape index (κ1) is 19.5. The molecule has 152 valence electrons. The molecule has 2 aromatic heterocycles. The minimum atomic E-state index is -0.0109. The zero-order chi connectivity index (χ0) is 20.5. The second-order valence-corrected chi connectivity index (χ2v) is 8.30. The quantitative estimate of drug-likeness (QED) is 0.622. The SMILES string of the molecule is COc1ccc([C@H]2CCCN2C(=O)c2cc(-c3csc(C)n3)cn2C)c(OC)c1. The van der Waals surface area contributed by atoms with Gasteiger partial charge in [-0.2, -0.15) is 0 Å². The first-order chi connectivity index (χ1) is 14.0. The molecule has 7 heteroatoms. The average Bonchev–Trinajstić information content (AvgIpc) is 3.46. The molecule has 0 radical (unpaired) electrons. The summed E-state index contributed by atoms with van der Waals surface area (Å²) < 4.78 is 12.8. The minimum absolute atomic E-state index is 0.0109. The van der Waals surface area contributed by atoms with Crippen LogP contribution < -0.4 is 9.47 Å². The highest BCUT2D eigenvalue weighted by Gasteiger charge is 2.33. The topological polar surface area (TPSA) is 56.6 Å². The van der Waals surface area contributed by atoms with Gasteiger partial charge in [0.25, 0.3) is 5.91 Å². The first-order valence-electron chi connectivity index (χ1n) is 9.63. The smallest absolute Gasteiger partial charge is 0.271 e. The van der Waals surface area contributed by atoms with Crippen molar-refractivity contribution >= 4 is 17.2 Å². The Bertz CT molecular complexity index is 1040. The zero-order valence-electron chi connectivity index (χ0n) is 17.1. The Morgan fingerprint density at radius 1 is 1.24 bits per heavy atom. The number of hydrogen-bond acceptors (Lipinski definition) is 5. The molecule has 0 spiro atoms. The van der Waals surface area contributed by atoms with Gasteiger partial charge in [-0.3, -0.25) is 4.79 Å². The van der Waals surface area contributed by atoms with Crippen LogP contribution in [-0.4, -0.2) is 41.1 Å². The fourth-order valence-electron chi connectivity index (χ4n) is 3.99. The Morgan fingerprint density at radius 3 is 2.76 bits per heavy atom. The molecule has 0 N–H and O–H groups in total. The van der Waals surface area contributed by atoms with Crippen LogP contribution in [0.15, 0.2) is 35.8 Å². The molecule has 4 rings (SSSR count). The van der Waals surface area contributed by atoms with Crippen LogP contribution in [0, 0.1) is 6.92 Å². The lowest BCUT2D eigenvalue weighted by Gasteiger charge is -2.26. The summed E-state index contributed by atoms with van der Waals surface area (Å²) in [4.78, 5) is 19.9. The number of carbonyl (C=O) groups is 1. The molecule has 1 aromatic carbocycles. The second kappa shape index (κ2) is 7.91. The van der Waals surface area contributed by atoms with Crippen LogP contribution in [0.3, 0.4) is 0 Å². The van der Waals surface area contributed by atoms with Crippen molar-refractivity contribution in [3.63, 3.8) is 0 Å². The zero-order valence-corrected chi connectivity index (χ0v) is 18.0. The van der Waals surface area contributed by atoms with E-state index in [0.29, 0.717) is 5.69 Å². The molecule has 0 aliphatic carbocycles. The molecule has 1 amide bonds. The number of likely N-dealkylation sites (tertiary alicyclic amines) is 1. The van der Waals surface area contributed by atoms with Gasteiger partial charge in [-0.1, -0.05) is 0 Å². The number of hydrogen-bond donors (Lipinski definition) is 0. The van der Waals surface area contributed by atoms with Crippen LogP contribution in [0.2, 0.25) is 0 Å². The van der Waals surface area contributed by atoms with E-state index in [-0.39, 0.29) is 11.9 Å². The van der Waals surface area contributed by atoms with E-state index in [2.05, 4.69) is 4.98 Å². The van der Waals surface area contributed by atoms with E-state index < -0.39 is 0 Å². The molecule has 1 saturated heterocycles. The van der Waals surface area contributed by atoms with Crippen molar-refractivity contribution in [2.45, 2.75) is 25.8 Å². The predicted octanol–water partition coefficient (Wildman–Crippen LogP) is 4.45. The van der Waals surface area contributed by atoms with E-state index in [9.17, 15) is 4.79 Å². The largest absolute Gasteiger partial charge is 0.497 e. The van der Waals surface area contributed by atoms with Crippen LogP contribution in [0.4, 0.5) is 0 Å². The van der Waals surface area contributed by atoms with Crippen molar-refractivity contribution in [2.75, 3.05) is 20.8 Å². The number of aromatic nitrogens is 2. The van der Waals surface area contributed by atoms with Gasteiger partial charge in [0.1, 0.15) is 17.2 Å². The van der Waals surface area contributed by atoms with Gasteiger partial charge >= 0.3 is 0 Å². The van der Waals surface area contributed by atoms with E-state index in [0.717, 1.165) is 52.7 Å². The number of nitrogens with zero attached hydrogens (tertiary/aromatic N) is 3. The maximum atomic E-state index is 13.4. The van der Waals surface area contributed by atoms with Crippen molar-refractivity contribution in [1.82, 2.24) is 14.5 Å². The lowest BCUT2D eigenvalue weighted by atomic mass is 10.0. The molecular weight excluding hydrogens is 386 g/mol. The summed E-state index contributed by atoms with van der Waals surface area (Å²) in [6.07, 6.45) is 3.85. The summed E-state index contributed by atoms with van der Waals surface area (Å²) in [5, 5.41) is 3.04. The highest BCUT2D eigenvalue weighted by Crippen LogP contribution is 2.39. The van der Waals surface area contributed by atoms with E-state index in [1.165, 1.54) is 0 Å². The molecule has 0 saturated carbocycles. The van der Waals surface area contributed by atoms with Gasteiger partial charge in [-0.25, -0.2) is 4.98 Å². The molecule has 29 heavy (non-hydrogen) atoms. The van der Waals surface area contributed by atoms with E-state index >= 15 is 0 Å². The van der Waals surface area contributed by atoms with Gasteiger partial charge in [-0.05, 0) is 38.0 Å². The normalized spacial score (nSPS) is 16.3. The van der Waals surface area contributed by atoms with Crippen LogP contribution in [0.5, 0.6) is 11.5 Å². The molecule has 6 nitrogen and oxygen atoms in total. The van der Waals surface area contributed by atoms with Gasteiger partial charge in [0.05, 0.1) is 31.0 Å². The molecule has 0 unspecified atom stereocenters. The predicted molar refractivity (Wildman–Crippen MR) is 114 cm³/mol. The van der Waals surface area contributed by atoms with E-state index in [1.54, 1.807) is 25.6 Å². The lowest BCUT2D eigenvalue weighted by molar-refractivity contribution is 0.0724. The Hall–Kier alpha value is -2.80. The number of aryl methyl sites for hydroxylation is 2. The fraction of sp³-hybridized carbons (Fsp3) is 0.364. The third-order valence-electron chi connectivity index (χ3n) is 5.45. The van der Waals surface area contributed by atoms with Crippen LogP contribution >= 0.6 is 11.3 Å². The van der Waals surface area contributed by atoms with Gasteiger partial charge in [0.2, 0.25) is 0 Å². The molecular formula is C22H25N3O3S. The van der Waals surface area contributed by atoms with E-state index in [4.69, 9.17) is 9.47 Å². The second-order valence-electron chi connectivity index (χ2n) is 7.24. The van der Waals surface area contributed by atoms with Gasteiger partial charge in [-0.15, -0.1) is 11.3 Å². The molecule has 3 aromatic rings. The maximum Gasteiger partial charge on any atom is 0.271 e. The standard InChI is InChI=1S/C22H25N3O3S/c1-14-23-18(13-29-14)15-10-20(24(2)12-15)22(26)25-9-5-6-19(25)17-8-7-16(27-3)11-21(17)28-4/h7-8,10-13,19H,5-6,9H2,1-4H3/t19-/m1/s1. The Kier molecular flexibility index (Phi) is 5.32. The molecule has 1 atom stereocenters. The Morgan fingerprint density at radius 2 is 2.07 bits per heavy atom. The number of benzene rings is 1. The van der Waals surface area contributed by atoms with Crippen molar-refractivity contribution in [2.24, 2.45) is 7.05 Å². The first-order valence-corrected chi connectivity index (χ1v) is 10.5. The third-order valence-corrected chi connectivity index (χ3v) is 6.23. The number of carbonyl (C=O) groups excluding carboxylic acids is 1. The minimum Gasteiger partial charge on any atom is -0.497 e. The molecule has 0 bridgehead atoms. The van der Waals surface area contributed by atoms with Gasteiger partial charge in [0.15, 0.2) is 0 Å². The summed E-state index contributed by atoms with van der Waals surface area (Å²) in [6, 6.07) is 7.73. The summed E-state index contributed by atoms with van der Waals surface area (Å²) in [7, 11) is 5.20. The summed E-state index contributed by atoms with van der Waals surface area (Å²) in [5.74, 6) is 1.53. The monoisotopic (exact) mass is 411 g/mol. The number of ether oxygens (including phenoxy) is 2. The lowest BCUT2D eigenvalue weighted by Crippen LogP contribution is -2.32. The molecule has 1 aliphatic rings. The van der Waals surface area contributed by atoms with Gasteiger partial charge in [0, 0.05) is 42.4 Å². The Balaban J connectivity index is 1.64. The van der Waals surface area contributed by atoms with Crippen molar-refractivity contribution in [3.05, 3.63) is 52.1 Å². The summed E-state index contributed by atoms with van der Waals surface area (Å²) >= 11 is 1.61. The number of rotatable bonds is 5. The van der Waals surface area contributed by atoms with Gasteiger partial charge < -0.3 is 18.9 Å². The van der Waals surface area contributed by atoms with Crippen LogP contribution in [0.1, 0.15) is 39.9 Å². The highest BCUT2D eigenvalue weighted by atomic mass is 32.1. The summed E-state index contributed by atoms with van der Waals surface area (Å²) in [6.45, 7) is 2.72. The van der Waals surface area contributed by atoms with Crippen molar-refractivity contribution < 1.29 is 14.3 Å². The Labute approximate surface area is 174 Å². The number of methoxy groups -OCH3 is 2. The fourth-order valence-corrected chi connectivity index (χ4v) is 4.61. The van der Waals surface area contributed by atoms with Crippen LogP contribution in [-0.2, 0) is 7.05 Å². The maximum absolute atomic E-state index is 13.4. The van der Waals surface area contributed by atoms with Crippen molar-refractivity contribution in [1.29, 1.82) is 0 Å². The third kappa shape index (κ3) is 3.62. The number of thiazole rings is 1. The summed E-state index contributed by atoms with van der Waals surface area (Å²) in [5.41, 5.74) is 3.57. The molecule has 1 aliphatic heterocycles. The number of amides is 1.